The van der Waals surface area contributed by atoms with Crippen molar-refractivity contribution in [3.8, 4) is 5.75 Å². The lowest BCUT2D eigenvalue weighted by Crippen LogP contribution is -2.35. The summed E-state index contributed by atoms with van der Waals surface area (Å²) in [5.41, 5.74) is 1.10. The zero-order chi connectivity index (χ0) is 11.4. The fourth-order valence-electron chi connectivity index (χ4n) is 2.26. The number of aldehydes is 1. The third-order valence-electron chi connectivity index (χ3n) is 3.05. The van der Waals surface area contributed by atoms with Crippen molar-refractivity contribution in [2.75, 3.05) is 13.1 Å². The number of carbonyl (C=O) groups is 1. The smallest absolute Gasteiger partial charge is 0.124 e. The zero-order valence-corrected chi connectivity index (χ0v) is 9.30. The Bertz CT molecular complexity index is 365. The Morgan fingerprint density at radius 2 is 2.38 bits per heavy atom. The van der Waals surface area contributed by atoms with Crippen LogP contribution in [-0.2, 0) is 11.3 Å². The zero-order valence-electron chi connectivity index (χ0n) is 9.30. The summed E-state index contributed by atoms with van der Waals surface area (Å²) < 4.78 is 0. The molecule has 0 spiro atoms. The summed E-state index contributed by atoms with van der Waals surface area (Å²) in [6.45, 7) is 2.71. The van der Waals surface area contributed by atoms with Crippen molar-refractivity contribution in [3.05, 3.63) is 29.8 Å². The highest BCUT2D eigenvalue weighted by atomic mass is 16.3. The first-order valence-electron chi connectivity index (χ1n) is 5.73. The summed E-state index contributed by atoms with van der Waals surface area (Å²) in [6, 6.07) is 7.31. The van der Waals surface area contributed by atoms with Gasteiger partial charge >= 0.3 is 0 Å². The number of carbonyl (C=O) groups excluding carboxylic acids is 1. The molecular weight excluding hydrogens is 202 g/mol. The monoisotopic (exact) mass is 219 g/mol. The van der Waals surface area contributed by atoms with Crippen LogP contribution in [0.1, 0.15) is 18.4 Å². The molecule has 1 aliphatic heterocycles. The second-order valence-electron chi connectivity index (χ2n) is 4.44. The van der Waals surface area contributed by atoms with E-state index in [0.717, 1.165) is 44.3 Å². The van der Waals surface area contributed by atoms with Gasteiger partial charge < -0.3 is 9.90 Å². The summed E-state index contributed by atoms with van der Waals surface area (Å²) in [7, 11) is 0. The lowest BCUT2D eigenvalue weighted by molar-refractivity contribution is -0.112. The van der Waals surface area contributed by atoms with E-state index in [9.17, 15) is 9.90 Å². The highest BCUT2D eigenvalue weighted by Crippen LogP contribution is 2.18. The van der Waals surface area contributed by atoms with Gasteiger partial charge in [-0.05, 0) is 37.1 Å². The van der Waals surface area contributed by atoms with Crippen LogP contribution in [0.5, 0.6) is 5.75 Å². The normalized spacial score (nSPS) is 21.9. The number of phenols is 1. The minimum atomic E-state index is 0.186. The molecule has 1 atom stereocenters. The predicted octanol–water partition coefficient (Wildman–Crippen LogP) is 1.80. The Morgan fingerprint density at radius 3 is 3.12 bits per heavy atom. The van der Waals surface area contributed by atoms with Gasteiger partial charge in [-0.25, -0.2) is 0 Å². The molecule has 1 aliphatic rings. The molecule has 1 unspecified atom stereocenters. The van der Waals surface area contributed by atoms with Crippen LogP contribution in [0.4, 0.5) is 0 Å². The van der Waals surface area contributed by atoms with Crippen molar-refractivity contribution in [2.45, 2.75) is 19.4 Å². The quantitative estimate of drug-likeness (QED) is 0.788. The van der Waals surface area contributed by atoms with Crippen LogP contribution in [0, 0.1) is 5.92 Å². The molecule has 3 nitrogen and oxygen atoms in total. The first-order valence-corrected chi connectivity index (χ1v) is 5.73. The number of nitrogens with zero attached hydrogens (tertiary/aromatic N) is 1. The molecule has 1 N–H and O–H groups in total. The van der Waals surface area contributed by atoms with E-state index >= 15 is 0 Å². The Morgan fingerprint density at radius 1 is 1.50 bits per heavy atom. The van der Waals surface area contributed by atoms with E-state index in [1.54, 1.807) is 12.1 Å². The average molecular weight is 219 g/mol. The van der Waals surface area contributed by atoms with Crippen LogP contribution in [0.25, 0.3) is 0 Å². The minimum absolute atomic E-state index is 0.186. The molecule has 0 amide bonds. The molecule has 0 aromatic heterocycles. The molecule has 0 saturated carbocycles. The maximum atomic E-state index is 10.7. The molecule has 1 aromatic rings. The number of rotatable bonds is 3. The summed E-state index contributed by atoms with van der Waals surface area (Å²) in [5, 5.41) is 9.37. The van der Waals surface area contributed by atoms with E-state index in [2.05, 4.69) is 4.90 Å². The SMILES string of the molecule is O=CC1CCCN(Cc2cccc(O)c2)C1. The topological polar surface area (TPSA) is 40.5 Å². The van der Waals surface area contributed by atoms with E-state index in [1.165, 1.54) is 0 Å². The Hall–Kier alpha value is -1.35. The molecule has 86 valence electrons. The maximum absolute atomic E-state index is 10.7. The Kier molecular flexibility index (Phi) is 3.57. The number of hydrogen-bond donors (Lipinski definition) is 1. The van der Waals surface area contributed by atoms with Gasteiger partial charge in [0.25, 0.3) is 0 Å². The third-order valence-corrected chi connectivity index (χ3v) is 3.05. The second-order valence-corrected chi connectivity index (χ2v) is 4.44. The van der Waals surface area contributed by atoms with E-state index in [1.807, 2.05) is 12.1 Å². The summed E-state index contributed by atoms with van der Waals surface area (Å²) >= 11 is 0. The summed E-state index contributed by atoms with van der Waals surface area (Å²) in [6.07, 6.45) is 3.16. The van der Waals surface area contributed by atoms with Gasteiger partial charge in [-0.3, -0.25) is 4.90 Å². The van der Waals surface area contributed by atoms with Gasteiger partial charge in [-0.15, -0.1) is 0 Å². The lowest BCUT2D eigenvalue weighted by Gasteiger charge is -2.30. The van der Waals surface area contributed by atoms with Crippen LogP contribution >= 0.6 is 0 Å². The van der Waals surface area contributed by atoms with E-state index in [0.29, 0.717) is 5.75 Å². The standard InChI is InChI=1S/C13H17NO2/c15-10-12-4-2-6-14(9-12)8-11-3-1-5-13(16)7-11/h1,3,5,7,10,12,16H,2,4,6,8-9H2. The number of piperidine rings is 1. The molecule has 1 fully saturated rings. The van der Waals surface area contributed by atoms with Gasteiger partial charge in [0, 0.05) is 19.0 Å². The first kappa shape index (κ1) is 11.1. The highest BCUT2D eigenvalue weighted by Gasteiger charge is 2.19. The van der Waals surface area contributed by atoms with Gasteiger partial charge in [0.1, 0.15) is 12.0 Å². The number of hydrogen-bond acceptors (Lipinski definition) is 3. The van der Waals surface area contributed by atoms with Gasteiger partial charge in [0.15, 0.2) is 0 Å². The molecule has 3 heteroatoms. The second kappa shape index (κ2) is 5.12. The average Bonchev–Trinajstić information content (AvgIpc) is 2.29. The Labute approximate surface area is 95.7 Å². The fraction of sp³-hybridized carbons (Fsp3) is 0.462. The van der Waals surface area contributed by atoms with Crippen LogP contribution in [-0.4, -0.2) is 29.4 Å². The number of aromatic hydroxyl groups is 1. The van der Waals surface area contributed by atoms with Crippen molar-refractivity contribution < 1.29 is 9.90 Å². The number of phenolic OH excluding ortho intramolecular Hbond substituents is 1. The molecule has 1 saturated heterocycles. The largest absolute Gasteiger partial charge is 0.508 e. The van der Waals surface area contributed by atoms with Gasteiger partial charge in [0.05, 0.1) is 0 Å². The van der Waals surface area contributed by atoms with Gasteiger partial charge in [-0.1, -0.05) is 12.1 Å². The lowest BCUT2D eigenvalue weighted by atomic mass is 9.99. The van der Waals surface area contributed by atoms with E-state index < -0.39 is 0 Å². The molecule has 1 aromatic carbocycles. The first-order chi connectivity index (χ1) is 7.78. The maximum Gasteiger partial charge on any atom is 0.124 e. The van der Waals surface area contributed by atoms with Crippen LogP contribution in [0.2, 0.25) is 0 Å². The molecule has 16 heavy (non-hydrogen) atoms. The summed E-state index contributed by atoms with van der Waals surface area (Å²) in [5.74, 6) is 0.493. The van der Waals surface area contributed by atoms with Crippen molar-refractivity contribution >= 4 is 6.29 Å². The van der Waals surface area contributed by atoms with Gasteiger partial charge in [0.2, 0.25) is 0 Å². The number of likely N-dealkylation sites (tertiary alicyclic amines) is 1. The van der Waals surface area contributed by atoms with E-state index in [4.69, 9.17) is 0 Å². The van der Waals surface area contributed by atoms with Gasteiger partial charge in [-0.2, -0.15) is 0 Å². The van der Waals surface area contributed by atoms with Crippen molar-refractivity contribution in [1.82, 2.24) is 4.90 Å². The van der Waals surface area contributed by atoms with Crippen molar-refractivity contribution in [1.29, 1.82) is 0 Å². The molecule has 0 bridgehead atoms. The molecule has 0 aliphatic carbocycles. The minimum Gasteiger partial charge on any atom is -0.508 e. The molecule has 1 heterocycles. The highest BCUT2D eigenvalue weighted by molar-refractivity contribution is 5.53. The van der Waals surface area contributed by atoms with Crippen LogP contribution < -0.4 is 0 Å². The van der Waals surface area contributed by atoms with Crippen LogP contribution in [0.15, 0.2) is 24.3 Å². The molecule has 2 rings (SSSR count). The fourth-order valence-corrected chi connectivity index (χ4v) is 2.26. The van der Waals surface area contributed by atoms with Crippen molar-refractivity contribution in [3.63, 3.8) is 0 Å². The molecule has 0 radical (unpaired) electrons. The summed E-state index contributed by atoms with van der Waals surface area (Å²) in [4.78, 5) is 13.0. The van der Waals surface area contributed by atoms with E-state index in [-0.39, 0.29) is 5.92 Å². The third kappa shape index (κ3) is 2.83. The Balaban J connectivity index is 1.96. The molecular formula is C13H17NO2. The number of benzene rings is 1. The predicted molar refractivity (Wildman–Crippen MR) is 62.2 cm³/mol. The van der Waals surface area contributed by atoms with Crippen LogP contribution in [0.3, 0.4) is 0 Å². The van der Waals surface area contributed by atoms with Crippen molar-refractivity contribution in [2.24, 2.45) is 5.92 Å².